The summed E-state index contributed by atoms with van der Waals surface area (Å²) in [5, 5.41) is 17.9. The molecule has 1 aliphatic carbocycles. The lowest BCUT2D eigenvalue weighted by Gasteiger charge is -2.19. The fourth-order valence-electron chi connectivity index (χ4n) is 3.46. The monoisotopic (exact) mass is 249 g/mol. The molecule has 0 amide bonds. The largest absolute Gasteiger partial charge is 0.481 e. The first-order valence-corrected chi connectivity index (χ1v) is 6.81. The third-order valence-electron chi connectivity index (χ3n) is 4.34. The van der Waals surface area contributed by atoms with Gasteiger partial charge in [-0.15, -0.1) is 10.2 Å². The first-order valence-electron chi connectivity index (χ1n) is 6.81. The molecule has 3 rings (SSSR count). The Kier molecular flexibility index (Phi) is 2.84. The van der Waals surface area contributed by atoms with Crippen LogP contribution in [0.25, 0.3) is 0 Å². The summed E-state index contributed by atoms with van der Waals surface area (Å²) >= 11 is 0. The molecule has 0 aromatic carbocycles. The summed E-state index contributed by atoms with van der Waals surface area (Å²) in [5.41, 5.74) is 0. The van der Waals surface area contributed by atoms with Crippen molar-refractivity contribution in [2.75, 3.05) is 0 Å². The SMILES string of the molecule is CC1CC(C(=O)O)C(c2nnc3n2CCCC3)C1. The average Bonchev–Trinajstić information content (AvgIpc) is 2.92. The van der Waals surface area contributed by atoms with Crippen molar-refractivity contribution < 1.29 is 9.90 Å². The highest BCUT2D eigenvalue weighted by atomic mass is 16.4. The van der Waals surface area contributed by atoms with Crippen molar-refractivity contribution in [1.29, 1.82) is 0 Å². The molecule has 0 radical (unpaired) electrons. The molecule has 18 heavy (non-hydrogen) atoms. The summed E-state index contributed by atoms with van der Waals surface area (Å²) in [6.07, 6.45) is 4.99. The quantitative estimate of drug-likeness (QED) is 0.868. The van der Waals surface area contributed by atoms with Gasteiger partial charge in [0.25, 0.3) is 0 Å². The number of hydrogen-bond donors (Lipinski definition) is 1. The summed E-state index contributed by atoms with van der Waals surface area (Å²) in [6.45, 7) is 3.08. The van der Waals surface area contributed by atoms with E-state index in [2.05, 4.69) is 21.7 Å². The van der Waals surface area contributed by atoms with E-state index in [-0.39, 0.29) is 11.8 Å². The van der Waals surface area contributed by atoms with Crippen molar-refractivity contribution in [2.24, 2.45) is 11.8 Å². The summed E-state index contributed by atoms with van der Waals surface area (Å²) in [5.74, 6) is 1.51. The number of rotatable bonds is 2. The molecule has 5 nitrogen and oxygen atoms in total. The summed E-state index contributed by atoms with van der Waals surface area (Å²) < 4.78 is 2.17. The maximum Gasteiger partial charge on any atom is 0.307 e. The Bertz CT molecular complexity index is 469. The number of hydrogen-bond acceptors (Lipinski definition) is 3. The van der Waals surface area contributed by atoms with Crippen LogP contribution in [0.15, 0.2) is 0 Å². The zero-order chi connectivity index (χ0) is 12.7. The van der Waals surface area contributed by atoms with E-state index in [0.29, 0.717) is 5.92 Å². The molecule has 0 spiro atoms. The van der Waals surface area contributed by atoms with Crippen molar-refractivity contribution in [3.8, 4) is 0 Å². The summed E-state index contributed by atoms with van der Waals surface area (Å²) in [6, 6.07) is 0. The van der Waals surface area contributed by atoms with Crippen molar-refractivity contribution in [2.45, 2.75) is 51.5 Å². The highest BCUT2D eigenvalue weighted by molar-refractivity contribution is 5.71. The highest BCUT2D eigenvalue weighted by Gasteiger charge is 2.41. The summed E-state index contributed by atoms with van der Waals surface area (Å²) in [7, 11) is 0. The second-order valence-corrected chi connectivity index (χ2v) is 5.71. The molecule has 1 N–H and O–H groups in total. The van der Waals surface area contributed by atoms with Crippen molar-refractivity contribution in [1.82, 2.24) is 14.8 Å². The van der Waals surface area contributed by atoms with Gasteiger partial charge in [0.15, 0.2) is 0 Å². The Hall–Kier alpha value is -1.39. The minimum absolute atomic E-state index is 0.0526. The normalized spacial score (nSPS) is 31.3. The van der Waals surface area contributed by atoms with E-state index in [4.69, 9.17) is 0 Å². The lowest BCUT2D eigenvalue weighted by molar-refractivity contribution is -0.142. The molecule has 1 saturated carbocycles. The molecule has 3 atom stereocenters. The van der Waals surface area contributed by atoms with Crippen molar-refractivity contribution >= 4 is 5.97 Å². The first kappa shape index (κ1) is 11.7. The predicted molar refractivity (Wildman–Crippen MR) is 65.2 cm³/mol. The van der Waals surface area contributed by atoms with Crippen LogP contribution in [0.3, 0.4) is 0 Å². The minimum atomic E-state index is -0.683. The van der Waals surface area contributed by atoms with Crippen molar-refractivity contribution in [3.05, 3.63) is 11.6 Å². The number of carbonyl (C=O) groups is 1. The molecule has 2 heterocycles. The Morgan fingerprint density at radius 3 is 2.94 bits per heavy atom. The van der Waals surface area contributed by atoms with E-state index in [9.17, 15) is 9.90 Å². The Morgan fingerprint density at radius 2 is 2.17 bits per heavy atom. The summed E-state index contributed by atoms with van der Waals surface area (Å²) in [4.78, 5) is 11.4. The second kappa shape index (κ2) is 4.37. The Morgan fingerprint density at radius 1 is 1.33 bits per heavy atom. The van der Waals surface area contributed by atoms with E-state index in [1.54, 1.807) is 0 Å². The van der Waals surface area contributed by atoms with Crippen LogP contribution in [-0.2, 0) is 17.8 Å². The standard InChI is InChI=1S/C13H19N3O2/c1-8-6-9(10(7-8)13(17)18)12-15-14-11-4-2-3-5-16(11)12/h8-10H,2-7H2,1H3,(H,17,18). The van der Waals surface area contributed by atoms with Gasteiger partial charge < -0.3 is 9.67 Å². The van der Waals surface area contributed by atoms with Gasteiger partial charge in [0.1, 0.15) is 11.6 Å². The van der Waals surface area contributed by atoms with E-state index >= 15 is 0 Å². The number of fused-ring (bicyclic) bond motifs is 1. The lowest BCUT2D eigenvalue weighted by Crippen LogP contribution is -2.22. The van der Waals surface area contributed by atoms with Gasteiger partial charge in [-0.05, 0) is 31.6 Å². The van der Waals surface area contributed by atoms with Gasteiger partial charge in [-0.3, -0.25) is 4.79 Å². The number of carboxylic acid groups (broad SMARTS) is 1. The smallest absolute Gasteiger partial charge is 0.307 e. The maximum absolute atomic E-state index is 11.4. The maximum atomic E-state index is 11.4. The molecule has 5 heteroatoms. The zero-order valence-electron chi connectivity index (χ0n) is 10.7. The number of aliphatic carboxylic acids is 1. The van der Waals surface area contributed by atoms with Crippen LogP contribution in [-0.4, -0.2) is 25.8 Å². The molecule has 0 bridgehead atoms. The third-order valence-corrected chi connectivity index (χ3v) is 4.34. The van der Waals surface area contributed by atoms with Crippen LogP contribution >= 0.6 is 0 Å². The van der Waals surface area contributed by atoms with E-state index in [1.807, 2.05) is 0 Å². The molecule has 3 unspecified atom stereocenters. The molecule has 1 aliphatic heterocycles. The van der Waals surface area contributed by atoms with Gasteiger partial charge in [0, 0.05) is 18.9 Å². The van der Waals surface area contributed by atoms with Crippen LogP contribution in [0.5, 0.6) is 0 Å². The Labute approximate surface area is 106 Å². The molecule has 0 saturated heterocycles. The highest BCUT2D eigenvalue weighted by Crippen LogP contribution is 2.42. The van der Waals surface area contributed by atoms with Gasteiger partial charge in [-0.1, -0.05) is 6.92 Å². The van der Waals surface area contributed by atoms with Crippen LogP contribution in [0, 0.1) is 11.8 Å². The lowest BCUT2D eigenvalue weighted by atomic mass is 9.95. The van der Waals surface area contributed by atoms with E-state index in [0.717, 1.165) is 43.9 Å². The predicted octanol–water partition coefficient (Wildman–Crippen LogP) is 1.83. The van der Waals surface area contributed by atoms with Gasteiger partial charge in [-0.2, -0.15) is 0 Å². The van der Waals surface area contributed by atoms with Gasteiger partial charge in [0.2, 0.25) is 0 Å². The first-order chi connectivity index (χ1) is 8.66. The second-order valence-electron chi connectivity index (χ2n) is 5.71. The molecular formula is C13H19N3O2. The zero-order valence-corrected chi connectivity index (χ0v) is 10.7. The van der Waals surface area contributed by atoms with Gasteiger partial charge >= 0.3 is 5.97 Å². The van der Waals surface area contributed by atoms with Crippen LogP contribution < -0.4 is 0 Å². The van der Waals surface area contributed by atoms with Crippen LogP contribution in [0.4, 0.5) is 0 Å². The molecule has 1 aromatic rings. The third kappa shape index (κ3) is 1.82. The van der Waals surface area contributed by atoms with Gasteiger partial charge in [-0.25, -0.2) is 0 Å². The number of aryl methyl sites for hydroxylation is 1. The number of carboxylic acids is 1. The fourth-order valence-corrected chi connectivity index (χ4v) is 3.46. The van der Waals surface area contributed by atoms with E-state index in [1.165, 1.54) is 6.42 Å². The number of aromatic nitrogens is 3. The number of nitrogens with zero attached hydrogens (tertiary/aromatic N) is 3. The molecule has 1 fully saturated rings. The average molecular weight is 249 g/mol. The van der Waals surface area contributed by atoms with E-state index < -0.39 is 5.97 Å². The molecule has 1 aromatic heterocycles. The fraction of sp³-hybridized carbons (Fsp3) is 0.769. The van der Waals surface area contributed by atoms with Gasteiger partial charge in [0.05, 0.1) is 5.92 Å². The van der Waals surface area contributed by atoms with Crippen molar-refractivity contribution in [3.63, 3.8) is 0 Å². The topological polar surface area (TPSA) is 68.0 Å². The molecule has 2 aliphatic rings. The molecular weight excluding hydrogens is 230 g/mol. The Balaban J connectivity index is 1.94. The molecule has 98 valence electrons. The minimum Gasteiger partial charge on any atom is -0.481 e. The van der Waals surface area contributed by atoms with Crippen LogP contribution in [0.2, 0.25) is 0 Å². The van der Waals surface area contributed by atoms with Crippen LogP contribution in [0.1, 0.15) is 50.2 Å².